The number of aliphatic hydroxyl groups is 1. The molecule has 0 atom stereocenters. The Kier molecular flexibility index (Phi) is 9.11. The van der Waals surface area contributed by atoms with Crippen LogP contribution >= 0.6 is 22.9 Å². The summed E-state index contributed by atoms with van der Waals surface area (Å²) in [6.45, 7) is 1.02. The number of hydrogen-bond donors (Lipinski definition) is 4. The predicted octanol–water partition coefficient (Wildman–Crippen LogP) is 4.15. The highest BCUT2D eigenvalue weighted by atomic mass is 35.5. The summed E-state index contributed by atoms with van der Waals surface area (Å²) in [5, 5.41) is 11.7. The number of nitrogen functional groups attached to an aromatic ring is 1. The van der Waals surface area contributed by atoms with Crippen LogP contribution in [-0.4, -0.2) is 41.6 Å². The molecule has 2 aromatic carbocycles. The van der Waals surface area contributed by atoms with Gasteiger partial charge in [0.1, 0.15) is 5.82 Å². The third-order valence-electron chi connectivity index (χ3n) is 4.54. The Balaban J connectivity index is 0.000000454. The number of anilines is 2. The number of carbonyl (C=O) groups excluding carboxylic acids is 1. The average molecular weight is 486 g/mol. The second-order valence-corrected chi connectivity index (χ2v) is 8.07. The standard InChI is InChI=1S/C20H15ClN4OS.C3H9NO2/c21-15-8-13(2-3-14(15)10-26)17-6-4-16(22)20(25-17)23-9-12-1-5-18-19(7-12)27-11-24-18;1-4-6-3-2-5/h1-8,10-11H,9,22H2,(H,23,25);4-5H,2-3H2,1H3. The van der Waals surface area contributed by atoms with Gasteiger partial charge in [-0.2, -0.15) is 0 Å². The largest absolute Gasteiger partial charge is 0.396 e. The van der Waals surface area contributed by atoms with Crippen molar-refractivity contribution >= 4 is 50.9 Å². The van der Waals surface area contributed by atoms with E-state index < -0.39 is 0 Å². The molecule has 0 aliphatic heterocycles. The van der Waals surface area contributed by atoms with E-state index in [0.29, 0.717) is 35.2 Å². The molecule has 10 heteroatoms. The van der Waals surface area contributed by atoms with Gasteiger partial charge in [0.2, 0.25) is 0 Å². The number of nitrogens with one attached hydrogen (secondary N) is 2. The van der Waals surface area contributed by atoms with Gasteiger partial charge in [0.15, 0.2) is 6.29 Å². The lowest BCUT2D eigenvalue weighted by molar-refractivity contribution is 0.0314. The number of hydrogen-bond acceptors (Lipinski definition) is 9. The van der Waals surface area contributed by atoms with Gasteiger partial charge in [-0.25, -0.2) is 15.4 Å². The van der Waals surface area contributed by atoms with Gasteiger partial charge in [-0.05, 0) is 42.0 Å². The number of aldehydes is 1. The van der Waals surface area contributed by atoms with Crippen molar-refractivity contribution in [1.82, 2.24) is 15.4 Å². The number of aromatic nitrogens is 2. The molecule has 0 bridgehead atoms. The molecule has 0 aliphatic rings. The number of carbonyl (C=O) groups is 1. The van der Waals surface area contributed by atoms with Crippen molar-refractivity contribution in [2.24, 2.45) is 0 Å². The third-order valence-corrected chi connectivity index (χ3v) is 5.66. The summed E-state index contributed by atoms with van der Waals surface area (Å²) < 4.78 is 1.15. The number of hydroxylamine groups is 1. The number of nitrogens with two attached hydrogens (primary N) is 1. The molecule has 0 saturated heterocycles. The van der Waals surface area contributed by atoms with Crippen molar-refractivity contribution in [3.8, 4) is 11.3 Å². The molecule has 2 heterocycles. The van der Waals surface area contributed by atoms with E-state index in [-0.39, 0.29) is 6.61 Å². The summed E-state index contributed by atoms with van der Waals surface area (Å²) in [5.74, 6) is 0.604. The van der Waals surface area contributed by atoms with Crippen LogP contribution in [0, 0.1) is 0 Å². The Morgan fingerprint density at radius 1 is 1.21 bits per heavy atom. The molecule has 0 aliphatic carbocycles. The van der Waals surface area contributed by atoms with Crippen LogP contribution in [0.1, 0.15) is 15.9 Å². The number of benzene rings is 2. The highest BCUT2D eigenvalue weighted by molar-refractivity contribution is 7.16. The van der Waals surface area contributed by atoms with E-state index in [1.807, 2.05) is 29.8 Å². The molecule has 0 amide bonds. The Morgan fingerprint density at radius 2 is 2.06 bits per heavy atom. The molecule has 0 saturated carbocycles. The first kappa shape index (κ1) is 24.6. The average Bonchev–Trinajstić information content (AvgIpc) is 3.30. The molecule has 8 nitrogen and oxygen atoms in total. The van der Waals surface area contributed by atoms with Crippen molar-refractivity contribution in [3.63, 3.8) is 0 Å². The minimum atomic E-state index is 0.0703. The predicted molar refractivity (Wildman–Crippen MR) is 134 cm³/mol. The summed E-state index contributed by atoms with van der Waals surface area (Å²) in [4.78, 5) is 24.3. The number of pyridine rings is 1. The van der Waals surface area contributed by atoms with E-state index in [0.717, 1.165) is 33.3 Å². The van der Waals surface area contributed by atoms with Crippen molar-refractivity contribution in [2.75, 3.05) is 31.3 Å². The lowest BCUT2D eigenvalue weighted by Crippen LogP contribution is -2.10. The van der Waals surface area contributed by atoms with Crippen molar-refractivity contribution in [3.05, 3.63) is 70.2 Å². The fourth-order valence-corrected chi connectivity index (χ4v) is 3.86. The zero-order valence-corrected chi connectivity index (χ0v) is 19.5. The number of rotatable bonds is 8. The summed E-state index contributed by atoms with van der Waals surface area (Å²) in [5.41, 5.74) is 15.0. The number of thiazole rings is 1. The molecule has 4 aromatic rings. The summed E-state index contributed by atoms with van der Waals surface area (Å²) in [6.07, 6.45) is 0.732. The minimum absolute atomic E-state index is 0.0703. The van der Waals surface area contributed by atoms with Gasteiger partial charge in [-0.3, -0.25) is 9.63 Å². The molecule has 0 fully saturated rings. The molecule has 5 N–H and O–H groups in total. The normalized spacial score (nSPS) is 10.5. The Labute approximate surface area is 200 Å². The topological polar surface area (TPSA) is 122 Å². The molecule has 4 rings (SSSR count). The van der Waals surface area contributed by atoms with Gasteiger partial charge in [-0.15, -0.1) is 11.3 Å². The number of nitrogens with zero attached hydrogens (tertiary/aromatic N) is 2. The maximum absolute atomic E-state index is 10.9. The molecule has 0 unspecified atom stereocenters. The number of fused-ring (bicyclic) bond motifs is 1. The first-order valence-corrected chi connectivity index (χ1v) is 11.3. The van der Waals surface area contributed by atoms with Gasteiger partial charge in [0.05, 0.1) is 45.3 Å². The van der Waals surface area contributed by atoms with Crippen LogP contribution in [0.3, 0.4) is 0 Å². The van der Waals surface area contributed by atoms with E-state index in [4.69, 9.17) is 22.4 Å². The zero-order chi connectivity index (χ0) is 23.6. The lowest BCUT2D eigenvalue weighted by atomic mass is 10.1. The Hall–Kier alpha value is -3.08. The maximum Gasteiger partial charge on any atom is 0.151 e. The fraction of sp³-hybridized carbons (Fsp3) is 0.174. The van der Waals surface area contributed by atoms with Crippen LogP contribution in [0.2, 0.25) is 5.02 Å². The second kappa shape index (κ2) is 12.2. The van der Waals surface area contributed by atoms with Crippen LogP contribution in [0.5, 0.6) is 0 Å². The van der Waals surface area contributed by atoms with E-state index in [9.17, 15) is 4.79 Å². The van der Waals surface area contributed by atoms with Crippen molar-refractivity contribution < 1.29 is 14.7 Å². The van der Waals surface area contributed by atoms with E-state index in [1.54, 1.807) is 36.6 Å². The number of aliphatic hydroxyl groups excluding tert-OH is 1. The van der Waals surface area contributed by atoms with Crippen molar-refractivity contribution in [2.45, 2.75) is 6.54 Å². The van der Waals surface area contributed by atoms with Gasteiger partial charge < -0.3 is 16.2 Å². The Morgan fingerprint density at radius 3 is 2.76 bits per heavy atom. The minimum Gasteiger partial charge on any atom is -0.396 e. The SMILES string of the molecule is CNOCCO.Nc1ccc(-c2ccc(C=O)c(Cl)c2)nc1NCc1ccc2ncsc2c1. The summed E-state index contributed by atoms with van der Waals surface area (Å²) in [7, 11) is 1.65. The monoisotopic (exact) mass is 485 g/mol. The molecule has 33 heavy (non-hydrogen) atoms. The molecule has 2 aromatic heterocycles. The third kappa shape index (κ3) is 6.70. The zero-order valence-electron chi connectivity index (χ0n) is 17.9. The quantitative estimate of drug-likeness (QED) is 0.167. The van der Waals surface area contributed by atoms with Crippen molar-refractivity contribution in [1.29, 1.82) is 0 Å². The Bertz CT molecular complexity index is 1210. The molecule has 0 radical (unpaired) electrons. The van der Waals surface area contributed by atoms with Crippen LogP contribution in [0.25, 0.3) is 21.5 Å². The lowest BCUT2D eigenvalue weighted by Gasteiger charge is -2.11. The van der Waals surface area contributed by atoms with E-state index in [1.165, 1.54) is 0 Å². The molecular formula is C23H24ClN5O3S. The molecule has 172 valence electrons. The summed E-state index contributed by atoms with van der Waals surface area (Å²) in [6, 6.07) is 15.0. The van der Waals surface area contributed by atoms with Crippen LogP contribution in [0.15, 0.2) is 54.0 Å². The second-order valence-electron chi connectivity index (χ2n) is 6.77. The first-order valence-electron chi connectivity index (χ1n) is 10.0. The van der Waals surface area contributed by atoms with Gasteiger partial charge >= 0.3 is 0 Å². The van der Waals surface area contributed by atoms with Crippen LogP contribution in [0.4, 0.5) is 11.5 Å². The number of halogens is 1. The fourth-order valence-electron chi connectivity index (χ4n) is 2.90. The van der Waals surface area contributed by atoms with Crippen LogP contribution in [-0.2, 0) is 11.4 Å². The van der Waals surface area contributed by atoms with E-state index in [2.05, 4.69) is 31.7 Å². The maximum atomic E-state index is 10.9. The molecule has 0 spiro atoms. The van der Waals surface area contributed by atoms with E-state index >= 15 is 0 Å². The van der Waals surface area contributed by atoms with Gasteiger partial charge in [0, 0.05) is 24.7 Å². The smallest absolute Gasteiger partial charge is 0.151 e. The first-order chi connectivity index (χ1) is 16.0. The molecular weight excluding hydrogens is 462 g/mol. The highest BCUT2D eigenvalue weighted by Crippen LogP contribution is 2.27. The van der Waals surface area contributed by atoms with Gasteiger partial charge in [0.25, 0.3) is 0 Å². The van der Waals surface area contributed by atoms with Gasteiger partial charge in [-0.1, -0.05) is 23.7 Å². The summed E-state index contributed by atoms with van der Waals surface area (Å²) >= 11 is 7.74. The highest BCUT2D eigenvalue weighted by Gasteiger charge is 2.08. The van der Waals surface area contributed by atoms with Crippen LogP contribution < -0.4 is 16.5 Å².